The molecule has 1 aromatic rings. The third kappa shape index (κ3) is 3.21. The molecule has 0 heterocycles. The Morgan fingerprint density at radius 3 is 2.44 bits per heavy atom. The molecule has 1 rings (SSSR count). The lowest BCUT2D eigenvalue weighted by Crippen LogP contribution is -2.19. The zero-order valence-corrected chi connectivity index (χ0v) is 8.90. The average molecular weight is 217 g/mol. The Kier molecular flexibility index (Phi) is 4.22. The van der Waals surface area contributed by atoms with Gasteiger partial charge in [-0.3, -0.25) is 4.79 Å². The molecule has 0 fully saturated rings. The van der Waals surface area contributed by atoms with Crippen molar-refractivity contribution in [2.75, 3.05) is 6.61 Å². The maximum atomic E-state index is 11.3. The molecule has 0 bridgehead atoms. The minimum absolute atomic E-state index is 0.0110. The number of carbonyl (C=O) groups excluding carboxylic acids is 2. The quantitative estimate of drug-likeness (QED) is 0.439. The average Bonchev–Trinajstić information content (AvgIpc) is 2.30. The van der Waals surface area contributed by atoms with Gasteiger partial charge in [0.1, 0.15) is 0 Å². The lowest BCUT2D eigenvalue weighted by molar-refractivity contribution is -0.153. The molecule has 1 aromatic carbocycles. The van der Waals surface area contributed by atoms with E-state index >= 15 is 0 Å². The summed E-state index contributed by atoms with van der Waals surface area (Å²) in [5.74, 6) is -1.38. The fourth-order valence-electron chi connectivity index (χ4n) is 1.16. The summed E-state index contributed by atoms with van der Waals surface area (Å²) in [6.07, 6.45) is 0.0110. The standard InChI is InChI=1S/C12H11NO3/c1-3-16-12(15)11(14)8-9-4-6-10(13-2)7-5-9/h4-7H,3,8H2,1H3. The van der Waals surface area contributed by atoms with Crippen molar-refractivity contribution in [3.63, 3.8) is 0 Å². The number of ketones is 1. The van der Waals surface area contributed by atoms with Crippen molar-refractivity contribution in [1.82, 2.24) is 0 Å². The predicted octanol–water partition coefficient (Wildman–Crippen LogP) is 1.91. The van der Waals surface area contributed by atoms with E-state index in [1.165, 1.54) is 0 Å². The van der Waals surface area contributed by atoms with E-state index in [1.54, 1.807) is 31.2 Å². The van der Waals surface area contributed by atoms with Crippen LogP contribution in [0.15, 0.2) is 24.3 Å². The van der Waals surface area contributed by atoms with Crippen molar-refractivity contribution in [2.24, 2.45) is 0 Å². The Balaban J connectivity index is 2.63. The van der Waals surface area contributed by atoms with Crippen LogP contribution in [-0.4, -0.2) is 18.4 Å². The molecule has 4 heteroatoms. The number of hydrogen-bond donors (Lipinski definition) is 0. The summed E-state index contributed by atoms with van der Waals surface area (Å²) in [5, 5.41) is 0. The normalized spacial score (nSPS) is 9.25. The van der Waals surface area contributed by atoms with Gasteiger partial charge in [0.15, 0.2) is 5.69 Å². The van der Waals surface area contributed by atoms with Crippen LogP contribution >= 0.6 is 0 Å². The first-order valence-electron chi connectivity index (χ1n) is 4.83. The highest BCUT2D eigenvalue weighted by atomic mass is 16.5. The SMILES string of the molecule is [C-]#[N+]c1ccc(CC(=O)C(=O)OCC)cc1. The first-order valence-corrected chi connectivity index (χ1v) is 4.83. The van der Waals surface area contributed by atoms with E-state index in [0.717, 1.165) is 0 Å². The van der Waals surface area contributed by atoms with E-state index in [9.17, 15) is 9.59 Å². The second-order valence-corrected chi connectivity index (χ2v) is 3.10. The summed E-state index contributed by atoms with van der Waals surface area (Å²) in [5.41, 5.74) is 1.21. The van der Waals surface area contributed by atoms with E-state index in [4.69, 9.17) is 6.57 Å². The van der Waals surface area contributed by atoms with Gasteiger partial charge in [-0.2, -0.15) is 0 Å². The molecular formula is C12H11NO3. The summed E-state index contributed by atoms with van der Waals surface area (Å²) in [6, 6.07) is 6.54. The van der Waals surface area contributed by atoms with E-state index in [-0.39, 0.29) is 13.0 Å². The Labute approximate surface area is 93.7 Å². The first kappa shape index (κ1) is 11.9. The van der Waals surface area contributed by atoms with E-state index in [1.807, 2.05) is 0 Å². The van der Waals surface area contributed by atoms with Crippen LogP contribution in [0.4, 0.5) is 5.69 Å². The van der Waals surface area contributed by atoms with Gasteiger partial charge in [-0.1, -0.05) is 24.3 Å². The highest BCUT2D eigenvalue weighted by Crippen LogP contribution is 2.13. The van der Waals surface area contributed by atoms with Crippen molar-refractivity contribution < 1.29 is 14.3 Å². The van der Waals surface area contributed by atoms with Gasteiger partial charge < -0.3 is 4.74 Å². The minimum Gasteiger partial charge on any atom is -0.460 e. The van der Waals surface area contributed by atoms with Gasteiger partial charge in [-0.05, 0) is 12.5 Å². The monoisotopic (exact) mass is 217 g/mol. The summed E-state index contributed by atoms with van der Waals surface area (Å²) >= 11 is 0. The van der Waals surface area contributed by atoms with Crippen molar-refractivity contribution in [3.8, 4) is 0 Å². The fraction of sp³-hybridized carbons (Fsp3) is 0.250. The molecule has 0 aromatic heterocycles. The molecule has 0 aliphatic carbocycles. The van der Waals surface area contributed by atoms with Crippen LogP contribution in [-0.2, 0) is 20.7 Å². The third-order valence-electron chi connectivity index (χ3n) is 1.93. The van der Waals surface area contributed by atoms with E-state index in [0.29, 0.717) is 11.3 Å². The largest absolute Gasteiger partial charge is 0.460 e. The maximum Gasteiger partial charge on any atom is 0.374 e. The number of esters is 1. The Hall–Kier alpha value is -2.15. The summed E-state index contributed by atoms with van der Waals surface area (Å²) in [7, 11) is 0. The molecule has 0 unspecified atom stereocenters. The summed E-state index contributed by atoms with van der Waals surface area (Å²) in [6.45, 7) is 8.61. The van der Waals surface area contributed by atoms with Crippen LogP contribution in [0.25, 0.3) is 4.85 Å². The minimum atomic E-state index is -0.809. The molecular weight excluding hydrogens is 206 g/mol. The Morgan fingerprint density at radius 2 is 1.94 bits per heavy atom. The van der Waals surface area contributed by atoms with Gasteiger partial charge in [0, 0.05) is 6.42 Å². The topological polar surface area (TPSA) is 47.7 Å². The van der Waals surface area contributed by atoms with Gasteiger partial charge >= 0.3 is 5.97 Å². The molecule has 16 heavy (non-hydrogen) atoms. The van der Waals surface area contributed by atoms with Crippen LogP contribution in [0.5, 0.6) is 0 Å². The van der Waals surface area contributed by atoms with Crippen LogP contribution < -0.4 is 0 Å². The van der Waals surface area contributed by atoms with Crippen molar-refractivity contribution in [3.05, 3.63) is 41.2 Å². The Morgan fingerprint density at radius 1 is 1.31 bits per heavy atom. The third-order valence-corrected chi connectivity index (χ3v) is 1.93. The number of rotatable bonds is 4. The van der Waals surface area contributed by atoms with Crippen LogP contribution in [0.1, 0.15) is 12.5 Å². The number of ether oxygens (including phenoxy) is 1. The fourth-order valence-corrected chi connectivity index (χ4v) is 1.16. The lowest BCUT2D eigenvalue weighted by Gasteiger charge is -2.01. The molecule has 0 N–H and O–H groups in total. The Bertz CT molecular complexity index is 429. The van der Waals surface area contributed by atoms with Gasteiger partial charge in [-0.15, -0.1) is 0 Å². The second kappa shape index (κ2) is 5.66. The molecule has 0 atom stereocenters. The smallest absolute Gasteiger partial charge is 0.374 e. The number of hydrogen-bond acceptors (Lipinski definition) is 3. The molecule has 0 aliphatic heterocycles. The number of benzene rings is 1. The molecule has 82 valence electrons. The highest BCUT2D eigenvalue weighted by molar-refractivity contribution is 6.34. The van der Waals surface area contributed by atoms with Gasteiger partial charge in [0.2, 0.25) is 5.78 Å². The zero-order valence-electron chi connectivity index (χ0n) is 8.90. The lowest BCUT2D eigenvalue weighted by atomic mass is 10.1. The summed E-state index contributed by atoms with van der Waals surface area (Å²) in [4.78, 5) is 25.6. The van der Waals surface area contributed by atoms with Crippen LogP contribution in [0, 0.1) is 6.57 Å². The molecule has 0 spiro atoms. The van der Waals surface area contributed by atoms with Crippen molar-refractivity contribution in [1.29, 1.82) is 0 Å². The van der Waals surface area contributed by atoms with Crippen LogP contribution in [0.3, 0.4) is 0 Å². The number of Topliss-reactive ketones (excluding diaryl/α,β-unsaturated/α-hetero) is 1. The van der Waals surface area contributed by atoms with Crippen molar-refractivity contribution >= 4 is 17.4 Å². The number of carbonyl (C=O) groups is 2. The van der Waals surface area contributed by atoms with Crippen molar-refractivity contribution in [2.45, 2.75) is 13.3 Å². The molecule has 0 saturated heterocycles. The summed E-state index contributed by atoms with van der Waals surface area (Å²) < 4.78 is 4.58. The van der Waals surface area contributed by atoms with Gasteiger partial charge in [0.05, 0.1) is 13.2 Å². The first-order chi connectivity index (χ1) is 7.67. The second-order valence-electron chi connectivity index (χ2n) is 3.10. The predicted molar refractivity (Wildman–Crippen MR) is 58.0 cm³/mol. The molecule has 4 nitrogen and oxygen atoms in total. The number of nitrogens with zero attached hydrogens (tertiary/aromatic N) is 1. The highest BCUT2D eigenvalue weighted by Gasteiger charge is 2.14. The maximum absolute atomic E-state index is 11.3. The molecule has 0 saturated carbocycles. The van der Waals surface area contributed by atoms with Gasteiger partial charge in [-0.25, -0.2) is 9.64 Å². The molecule has 0 radical (unpaired) electrons. The zero-order chi connectivity index (χ0) is 12.0. The van der Waals surface area contributed by atoms with Gasteiger partial charge in [0.25, 0.3) is 0 Å². The van der Waals surface area contributed by atoms with E-state index < -0.39 is 11.8 Å². The van der Waals surface area contributed by atoms with E-state index in [2.05, 4.69) is 9.58 Å². The molecule has 0 amide bonds. The molecule has 0 aliphatic rings. The van der Waals surface area contributed by atoms with Crippen LogP contribution in [0.2, 0.25) is 0 Å².